The summed E-state index contributed by atoms with van der Waals surface area (Å²) in [4.78, 5) is 12.5. The van der Waals surface area contributed by atoms with Crippen molar-refractivity contribution < 1.29 is 22.9 Å². The van der Waals surface area contributed by atoms with Crippen molar-refractivity contribution in [2.45, 2.75) is 187 Å². The summed E-state index contributed by atoms with van der Waals surface area (Å²) < 4.78 is 32.4. The van der Waals surface area contributed by atoms with E-state index < -0.39 is 28.0 Å². The summed E-state index contributed by atoms with van der Waals surface area (Å²) in [6, 6.07) is -1.08. The Balaban J connectivity index is 3.98. The van der Waals surface area contributed by atoms with Crippen LogP contribution < -0.4 is 5.32 Å². The normalized spacial score (nSPS) is 14.1. The zero-order valence-corrected chi connectivity index (χ0v) is 32.8. The number of amides is 1. The second-order valence-corrected chi connectivity index (χ2v) is 15.0. The maximum atomic E-state index is 12.5. The highest BCUT2D eigenvalue weighted by Gasteiger charge is 2.24. The lowest BCUT2D eigenvalue weighted by molar-refractivity contribution is -0.122. The predicted octanol–water partition coefficient (Wildman–Crippen LogP) is 11.8. The van der Waals surface area contributed by atoms with Crippen molar-refractivity contribution in [3.05, 3.63) is 72.9 Å². The molecule has 3 N–H and O–H groups in total. The molecule has 288 valence electrons. The van der Waals surface area contributed by atoms with Crippen LogP contribution in [-0.2, 0) is 14.9 Å². The number of carbonyl (C=O) groups is 1. The Morgan fingerprint density at radius 3 is 1.50 bits per heavy atom. The standard InChI is InChI=1S/C43H75NO5S/c1-3-5-7-9-11-13-15-17-19-20-21-22-23-24-25-27-29-31-33-35-37-39-43(46)44-41(40-50(47,48)49)42(45)38-36-34-32-30-28-26-18-16-14-12-10-8-6-4-2/h5,7,11,13,17,19,21-22,28,30,36,38,41-42,45H,3-4,6,8-10,12,14-16,18,20,23-27,29,31-35,37,39-40H2,1-2H3,(H,44,46)(H,47,48,49)/b7-5-,13-11-,19-17-,22-21-,30-28+,38-36+. The average molecular weight is 718 g/mol. The number of aliphatic hydroxyl groups excluding tert-OH is 1. The quantitative estimate of drug-likeness (QED) is 0.0344. The molecule has 0 bridgehead atoms. The molecular formula is C43H75NO5S. The summed E-state index contributed by atoms with van der Waals surface area (Å²) in [6.45, 7) is 4.39. The molecule has 6 nitrogen and oxygen atoms in total. The van der Waals surface area contributed by atoms with Crippen LogP contribution in [0.2, 0.25) is 0 Å². The molecule has 2 atom stereocenters. The summed E-state index contributed by atoms with van der Waals surface area (Å²) >= 11 is 0. The fourth-order valence-corrected chi connectivity index (χ4v) is 6.37. The van der Waals surface area contributed by atoms with E-state index in [0.29, 0.717) is 12.8 Å². The van der Waals surface area contributed by atoms with Crippen LogP contribution in [0.4, 0.5) is 0 Å². The highest BCUT2D eigenvalue weighted by molar-refractivity contribution is 7.85. The van der Waals surface area contributed by atoms with Gasteiger partial charge in [0, 0.05) is 6.42 Å². The maximum absolute atomic E-state index is 12.5. The van der Waals surface area contributed by atoms with Gasteiger partial charge < -0.3 is 10.4 Å². The van der Waals surface area contributed by atoms with E-state index in [9.17, 15) is 22.9 Å². The van der Waals surface area contributed by atoms with Crippen LogP contribution in [0.5, 0.6) is 0 Å². The number of allylic oxidation sites excluding steroid dienone is 11. The third kappa shape index (κ3) is 37.0. The Morgan fingerprint density at radius 2 is 0.980 bits per heavy atom. The largest absolute Gasteiger partial charge is 0.387 e. The zero-order valence-electron chi connectivity index (χ0n) is 32.0. The first-order chi connectivity index (χ1) is 24.3. The van der Waals surface area contributed by atoms with Crippen LogP contribution >= 0.6 is 0 Å². The third-order valence-corrected chi connectivity index (χ3v) is 9.40. The second-order valence-electron chi connectivity index (χ2n) is 13.5. The first-order valence-corrected chi connectivity index (χ1v) is 21.7. The lowest BCUT2D eigenvalue weighted by Gasteiger charge is -2.21. The molecule has 0 rings (SSSR count). The SMILES string of the molecule is CC/C=C\C/C=C\C/C=C\C/C=C\CCCCCCCCCCC(=O)NC(CS(=O)(=O)O)C(O)/C=C/CC/C=C/CCCCCCCCCC. The van der Waals surface area contributed by atoms with Gasteiger partial charge in [0.2, 0.25) is 5.91 Å². The summed E-state index contributed by atoms with van der Waals surface area (Å²) in [7, 11) is -4.36. The molecule has 0 heterocycles. The number of rotatable bonds is 35. The molecule has 0 aliphatic carbocycles. The third-order valence-electron chi connectivity index (χ3n) is 8.62. The summed E-state index contributed by atoms with van der Waals surface area (Å²) in [5.74, 6) is -1.02. The van der Waals surface area contributed by atoms with Crippen LogP contribution in [-0.4, -0.2) is 41.9 Å². The number of hydrogen-bond donors (Lipinski definition) is 3. The fraction of sp³-hybridized carbons (Fsp3) is 0.698. The van der Waals surface area contributed by atoms with Crippen molar-refractivity contribution in [2.75, 3.05) is 5.75 Å². The Hall–Kier alpha value is -2.22. The minimum Gasteiger partial charge on any atom is -0.387 e. The van der Waals surface area contributed by atoms with E-state index in [1.807, 2.05) is 0 Å². The molecule has 0 aromatic rings. The van der Waals surface area contributed by atoms with Crippen molar-refractivity contribution in [2.24, 2.45) is 0 Å². The molecule has 0 saturated carbocycles. The molecule has 50 heavy (non-hydrogen) atoms. The van der Waals surface area contributed by atoms with E-state index in [1.165, 1.54) is 83.1 Å². The summed E-state index contributed by atoms with van der Waals surface area (Å²) in [5, 5.41) is 13.2. The smallest absolute Gasteiger partial charge is 0.267 e. The minimum absolute atomic E-state index is 0.275. The van der Waals surface area contributed by atoms with E-state index in [2.05, 4.69) is 79.9 Å². The van der Waals surface area contributed by atoms with Crippen LogP contribution in [0.25, 0.3) is 0 Å². The molecule has 0 aliphatic heterocycles. The van der Waals surface area contributed by atoms with Gasteiger partial charge in [-0.15, -0.1) is 0 Å². The highest BCUT2D eigenvalue weighted by Crippen LogP contribution is 2.12. The van der Waals surface area contributed by atoms with Crippen molar-refractivity contribution in [3.63, 3.8) is 0 Å². The number of unbranched alkanes of at least 4 members (excludes halogenated alkanes) is 17. The maximum Gasteiger partial charge on any atom is 0.267 e. The van der Waals surface area contributed by atoms with Crippen molar-refractivity contribution >= 4 is 16.0 Å². The molecule has 2 unspecified atom stereocenters. The first kappa shape index (κ1) is 47.8. The Labute approximate surface area is 308 Å². The topological polar surface area (TPSA) is 104 Å². The van der Waals surface area contributed by atoms with E-state index in [0.717, 1.165) is 64.2 Å². The molecular weight excluding hydrogens is 643 g/mol. The van der Waals surface area contributed by atoms with Gasteiger partial charge in [-0.1, -0.05) is 170 Å². The number of nitrogens with one attached hydrogen (secondary N) is 1. The lowest BCUT2D eigenvalue weighted by Crippen LogP contribution is -2.46. The molecule has 0 radical (unpaired) electrons. The molecule has 1 amide bonds. The molecule has 0 aromatic heterocycles. The highest BCUT2D eigenvalue weighted by atomic mass is 32.2. The van der Waals surface area contributed by atoms with Crippen LogP contribution in [0.15, 0.2) is 72.9 Å². The zero-order chi connectivity index (χ0) is 36.8. The number of carbonyl (C=O) groups excluding carboxylic acids is 1. The Bertz CT molecular complexity index is 1060. The number of aliphatic hydroxyl groups is 1. The van der Waals surface area contributed by atoms with Gasteiger partial charge in [0.25, 0.3) is 10.1 Å². The Kier molecular flexibility index (Phi) is 34.9. The van der Waals surface area contributed by atoms with E-state index in [4.69, 9.17) is 0 Å². The van der Waals surface area contributed by atoms with Gasteiger partial charge in [-0.2, -0.15) is 8.42 Å². The fourth-order valence-electron chi connectivity index (χ4n) is 5.63. The predicted molar refractivity (Wildman–Crippen MR) is 216 cm³/mol. The van der Waals surface area contributed by atoms with Gasteiger partial charge in [-0.25, -0.2) is 0 Å². The lowest BCUT2D eigenvalue weighted by atomic mass is 10.1. The molecule has 0 spiro atoms. The van der Waals surface area contributed by atoms with Gasteiger partial charge >= 0.3 is 0 Å². The molecule has 7 heteroatoms. The van der Waals surface area contributed by atoms with E-state index >= 15 is 0 Å². The van der Waals surface area contributed by atoms with Crippen LogP contribution in [0, 0.1) is 0 Å². The van der Waals surface area contributed by atoms with Gasteiger partial charge in [-0.3, -0.25) is 9.35 Å². The van der Waals surface area contributed by atoms with Crippen molar-refractivity contribution in [1.82, 2.24) is 5.32 Å². The van der Waals surface area contributed by atoms with E-state index in [-0.39, 0.29) is 12.3 Å². The second kappa shape index (κ2) is 36.6. The molecule has 0 saturated heterocycles. The van der Waals surface area contributed by atoms with Crippen LogP contribution in [0.3, 0.4) is 0 Å². The van der Waals surface area contributed by atoms with Crippen molar-refractivity contribution in [1.29, 1.82) is 0 Å². The number of hydrogen-bond acceptors (Lipinski definition) is 4. The van der Waals surface area contributed by atoms with Gasteiger partial charge in [0.15, 0.2) is 0 Å². The average Bonchev–Trinajstić information content (AvgIpc) is 3.08. The van der Waals surface area contributed by atoms with Gasteiger partial charge in [-0.05, 0) is 70.6 Å². The Morgan fingerprint density at radius 1 is 0.560 bits per heavy atom. The van der Waals surface area contributed by atoms with Gasteiger partial charge in [0.1, 0.15) is 0 Å². The molecule has 0 fully saturated rings. The minimum atomic E-state index is -4.36. The summed E-state index contributed by atoms with van der Waals surface area (Å²) in [5.41, 5.74) is 0. The first-order valence-electron chi connectivity index (χ1n) is 20.1. The molecule has 0 aromatic carbocycles. The van der Waals surface area contributed by atoms with Crippen molar-refractivity contribution in [3.8, 4) is 0 Å². The summed E-state index contributed by atoms with van der Waals surface area (Å²) in [6.07, 6.45) is 51.7. The molecule has 0 aliphatic rings. The monoisotopic (exact) mass is 718 g/mol. The van der Waals surface area contributed by atoms with E-state index in [1.54, 1.807) is 6.08 Å². The van der Waals surface area contributed by atoms with Gasteiger partial charge in [0.05, 0.1) is 17.9 Å². The van der Waals surface area contributed by atoms with Crippen LogP contribution in [0.1, 0.15) is 174 Å².